The van der Waals surface area contributed by atoms with Crippen molar-refractivity contribution in [3.8, 4) is 0 Å². The van der Waals surface area contributed by atoms with Crippen LogP contribution in [0.2, 0.25) is 0 Å². The number of nitrogens with one attached hydrogen (secondary N) is 1. The maximum atomic E-state index is 10.5. The van der Waals surface area contributed by atoms with Crippen molar-refractivity contribution in [3.63, 3.8) is 0 Å². The van der Waals surface area contributed by atoms with Crippen LogP contribution < -0.4 is 22.1 Å². The van der Waals surface area contributed by atoms with E-state index in [0.717, 1.165) is 5.01 Å². The highest BCUT2D eigenvalue weighted by Gasteiger charge is 2.10. The van der Waals surface area contributed by atoms with Crippen molar-refractivity contribution >= 4 is 11.7 Å². The van der Waals surface area contributed by atoms with E-state index in [4.69, 9.17) is 16.8 Å². The molecule has 1 aromatic rings. The van der Waals surface area contributed by atoms with Gasteiger partial charge in [0.25, 0.3) is 0 Å². The average Bonchev–Trinajstić information content (AvgIpc) is 2.27. The number of rotatable bonds is 4. The lowest BCUT2D eigenvalue weighted by Gasteiger charge is -2.23. The Balaban J connectivity index is 2.84. The van der Waals surface area contributed by atoms with Crippen LogP contribution >= 0.6 is 0 Å². The van der Waals surface area contributed by atoms with Crippen molar-refractivity contribution in [2.75, 3.05) is 5.01 Å². The Morgan fingerprint density at radius 1 is 1.40 bits per heavy atom. The molecule has 0 aromatic heterocycles. The van der Waals surface area contributed by atoms with Gasteiger partial charge in [-0.25, -0.2) is 16.1 Å². The van der Waals surface area contributed by atoms with Gasteiger partial charge in [-0.1, -0.05) is 0 Å². The predicted octanol–water partition coefficient (Wildman–Crippen LogP) is -1.20. The number of benzene rings is 1. The van der Waals surface area contributed by atoms with Crippen LogP contribution in [0.4, 0.5) is 5.69 Å². The van der Waals surface area contributed by atoms with E-state index in [9.17, 15) is 9.90 Å². The average molecular weight is 212 g/mol. The zero-order valence-corrected chi connectivity index (χ0v) is 7.79. The van der Waals surface area contributed by atoms with Crippen LogP contribution in [0.25, 0.3) is 0 Å². The first-order valence-electron chi connectivity index (χ1n) is 4.07. The number of anilines is 1. The first-order valence-corrected chi connectivity index (χ1v) is 4.07. The zero-order valence-electron chi connectivity index (χ0n) is 7.79. The molecule has 0 saturated carbocycles. The molecule has 0 amide bonds. The van der Waals surface area contributed by atoms with E-state index >= 15 is 0 Å². The fourth-order valence-electron chi connectivity index (χ4n) is 0.998. The molecule has 0 spiro atoms. The minimum absolute atomic E-state index is 0.141. The lowest BCUT2D eigenvalue weighted by Crippen LogP contribution is -2.52. The number of carboxylic acids is 1. The third-order valence-electron chi connectivity index (χ3n) is 1.82. The fraction of sp³-hybridized carbons (Fsp3) is 0.125. The van der Waals surface area contributed by atoms with E-state index in [1.165, 1.54) is 24.3 Å². The van der Waals surface area contributed by atoms with Crippen LogP contribution in [0, 0.1) is 0 Å². The van der Waals surface area contributed by atoms with Gasteiger partial charge in [-0.2, -0.15) is 0 Å². The summed E-state index contributed by atoms with van der Waals surface area (Å²) >= 11 is 0. The lowest BCUT2D eigenvalue weighted by atomic mass is 10.2. The molecule has 1 aromatic carbocycles. The second kappa shape index (κ2) is 4.71. The fourth-order valence-corrected chi connectivity index (χ4v) is 0.998. The number of aliphatic hydroxyl groups excluding tert-OH is 1. The Kier molecular flexibility index (Phi) is 3.58. The van der Waals surface area contributed by atoms with E-state index in [2.05, 4.69) is 0 Å². The Labute approximate surface area is 85.8 Å². The second-order valence-corrected chi connectivity index (χ2v) is 2.80. The molecular weight excluding hydrogens is 200 g/mol. The highest BCUT2D eigenvalue weighted by molar-refractivity contribution is 5.88. The number of hydrogen-bond donors (Lipinski definition) is 5. The molecule has 0 radical (unpaired) electrons. The summed E-state index contributed by atoms with van der Waals surface area (Å²) in [6.45, 7) is 0. The second-order valence-electron chi connectivity index (χ2n) is 2.80. The molecule has 7 N–H and O–H groups in total. The predicted molar refractivity (Wildman–Crippen MR) is 53.4 cm³/mol. The van der Waals surface area contributed by atoms with Crippen LogP contribution in [0.1, 0.15) is 10.4 Å². The number of hydrazine groups is 2. The Morgan fingerprint density at radius 3 is 2.33 bits per heavy atom. The summed E-state index contributed by atoms with van der Waals surface area (Å²) in [6.07, 6.45) is -1.24. The molecule has 0 aliphatic heterocycles. The number of hydrogen-bond acceptors (Lipinski definition) is 6. The maximum absolute atomic E-state index is 10.5. The molecule has 1 atom stereocenters. The van der Waals surface area contributed by atoms with Gasteiger partial charge >= 0.3 is 5.97 Å². The quantitative estimate of drug-likeness (QED) is 0.241. The summed E-state index contributed by atoms with van der Waals surface area (Å²) in [5.41, 5.74) is 2.62. The van der Waals surface area contributed by atoms with Crippen molar-refractivity contribution < 1.29 is 15.0 Å². The molecule has 0 saturated heterocycles. The first kappa shape index (κ1) is 11.4. The van der Waals surface area contributed by atoms with Crippen molar-refractivity contribution in [1.29, 1.82) is 0 Å². The minimum atomic E-state index is -1.24. The molecule has 1 rings (SSSR count). The summed E-state index contributed by atoms with van der Waals surface area (Å²) in [4.78, 5) is 10.5. The van der Waals surface area contributed by atoms with Gasteiger partial charge in [-0.3, -0.25) is 10.9 Å². The number of aliphatic hydroxyl groups is 1. The highest BCUT2D eigenvalue weighted by atomic mass is 16.4. The van der Waals surface area contributed by atoms with Gasteiger partial charge in [-0.05, 0) is 24.3 Å². The molecule has 15 heavy (non-hydrogen) atoms. The van der Waals surface area contributed by atoms with E-state index < -0.39 is 12.3 Å². The molecular formula is C8H12N4O3. The topological polar surface area (TPSA) is 125 Å². The molecule has 0 aliphatic rings. The largest absolute Gasteiger partial charge is 0.478 e. The molecule has 0 bridgehead atoms. The first-order chi connectivity index (χ1) is 7.06. The third kappa shape index (κ3) is 2.64. The van der Waals surface area contributed by atoms with Gasteiger partial charge in [0.1, 0.15) is 0 Å². The van der Waals surface area contributed by atoms with Crippen LogP contribution in [0.3, 0.4) is 0 Å². The molecule has 0 heterocycles. The minimum Gasteiger partial charge on any atom is -0.478 e. The Bertz CT molecular complexity index is 340. The van der Waals surface area contributed by atoms with Gasteiger partial charge in [-0.15, -0.1) is 0 Å². The van der Waals surface area contributed by atoms with Crippen molar-refractivity contribution in [2.24, 2.45) is 11.7 Å². The highest BCUT2D eigenvalue weighted by Crippen LogP contribution is 2.13. The standard InChI is InChI=1S/C8H12N4O3/c9-11-8(15)12(10)6-3-1-5(2-4-6)7(13)14/h1-4,8,11,15H,9-10H2,(H,13,14). The number of carbonyl (C=O) groups is 1. The number of nitrogens with two attached hydrogens (primary N) is 2. The van der Waals surface area contributed by atoms with Crippen LogP contribution in [0.5, 0.6) is 0 Å². The van der Waals surface area contributed by atoms with E-state index in [1.54, 1.807) is 0 Å². The number of aromatic carboxylic acids is 1. The van der Waals surface area contributed by atoms with Gasteiger partial charge in [0.2, 0.25) is 6.35 Å². The number of carboxylic acid groups (broad SMARTS) is 1. The van der Waals surface area contributed by atoms with Gasteiger partial charge in [0.15, 0.2) is 0 Å². The van der Waals surface area contributed by atoms with Gasteiger partial charge in [0.05, 0.1) is 11.3 Å². The van der Waals surface area contributed by atoms with Crippen molar-refractivity contribution in [1.82, 2.24) is 5.43 Å². The summed E-state index contributed by atoms with van der Waals surface area (Å²) in [5, 5.41) is 18.8. The smallest absolute Gasteiger partial charge is 0.335 e. The molecule has 1 unspecified atom stereocenters. The van der Waals surface area contributed by atoms with E-state index in [0.29, 0.717) is 5.69 Å². The molecule has 0 fully saturated rings. The van der Waals surface area contributed by atoms with Crippen molar-refractivity contribution in [2.45, 2.75) is 6.35 Å². The van der Waals surface area contributed by atoms with E-state index in [-0.39, 0.29) is 5.56 Å². The van der Waals surface area contributed by atoms with Gasteiger partial charge in [0, 0.05) is 0 Å². The zero-order chi connectivity index (χ0) is 11.4. The Hall–Kier alpha value is -1.67. The van der Waals surface area contributed by atoms with Gasteiger partial charge < -0.3 is 10.2 Å². The molecule has 7 nitrogen and oxygen atoms in total. The monoisotopic (exact) mass is 212 g/mol. The van der Waals surface area contributed by atoms with E-state index in [1.807, 2.05) is 5.43 Å². The maximum Gasteiger partial charge on any atom is 0.335 e. The summed E-state index contributed by atoms with van der Waals surface area (Å²) < 4.78 is 0. The third-order valence-corrected chi connectivity index (χ3v) is 1.82. The summed E-state index contributed by atoms with van der Waals surface area (Å²) in [7, 11) is 0. The lowest BCUT2D eigenvalue weighted by molar-refractivity contribution is 0.0697. The Morgan fingerprint density at radius 2 is 1.93 bits per heavy atom. The van der Waals surface area contributed by atoms with Crippen LogP contribution in [-0.2, 0) is 0 Å². The van der Waals surface area contributed by atoms with Crippen LogP contribution in [-0.4, -0.2) is 22.5 Å². The molecule has 82 valence electrons. The SMILES string of the molecule is NNC(O)N(N)c1ccc(C(=O)O)cc1. The summed E-state index contributed by atoms with van der Waals surface area (Å²) in [6, 6.07) is 5.68. The summed E-state index contributed by atoms with van der Waals surface area (Å²) in [5.74, 6) is 9.42. The molecule has 0 aliphatic carbocycles. The normalized spacial score (nSPS) is 12.2. The van der Waals surface area contributed by atoms with Crippen molar-refractivity contribution in [3.05, 3.63) is 29.8 Å². The molecule has 7 heteroatoms. The van der Waals surface area contributed by atoms with Crippen LogP contribution in [0.15, 0.2) is 24.3 Å². The number of nitrogens with zero attached hydrogens (tertiary/aromatic N) is 1.